The van der Waals surface area contributed by atoms with E-state index in [0.717, 1.165) is 28.4 Å². The number of imide groups is 1. The van der Waals surface area contributed by atoms with Gasteiger partial charge in [-0.1, -0.05) is 48.9 Å². The van der Waals surface area contributed by atoms with Crippen LogP contribution in [0.4, 0.5) is 18.9 Å². The summed E-state index contributed by atoms with van der Waals surface area (Å²) in [6, 6.07) is 8.02. The zero-order valence-electron chi connectivity index (χ0n) is 25.8. The van der Waals surface area contributed by atoms with E-state index in [0.29, 0.717) is 26.9 Å². The number of ether oxygens (including phenoxy) is 1. The molecule has 16 heteroatoms. The lowest BCUT2D eigenvalue weighted by Crippen LogP contribution is -2.49. The number of para-hydroxylation sites is 1. The maximum Gasteiger partial charge on any atom is 0.418 e. The highest BCUT2D eigenvalue weighted by atomic mass is 35.5. The second kappa shape index (κ2) is 12.2. The molecule has 8 atom stereocenters. The van der Waals surface area contributed by atoms with Gasteiger partial charge in [-0.25, -0.2) is 4.79 Å². The van der Waals surface area contributed by atoms with Gasteiger partial charge in [0.15, 0.2) is 6.61 Å². The molecule has 2 aliphatic carbocycles. The van der Waals surface area contributed by atoms with Crippen LogP contribution in [0.3, 0.4) is 0 Å². The lowest BCUT2D eigenvalue weighted by molar-refractivity contribution is -0.157. The normalized spacial score (nSPS) is 27.6. The highest BCUT2D eigenvalue weighted by Gasteiger charge is 2.70. The summed E-state index contributed by atoms with van der Waals surface area (Å²) in [4.78, 5) is 69.8. The molecule has 3 amide bonds. The summed E-state index contributed by atoms with van der Waals surface area (Å²) in [7, 11) is 0. The van der Waals surface area contributed by atoms with Gasteiger partial charge in [0, 0.05) is 26.6 Å². The molecule has 2 saturated carbocycles. The van der Waals surface area contributed by atoms with Crippen molar-refractivity contribution in [2.75, 3.05) is 11.9 Å². The molecule has 4 aliphatic rings. The Bertz CT molecular complexity index is 1950. The van der Waals surface area contributed by atoms with Gasteiger partial charge < -0.3 is 20.1 Å². The SMILES string of the molecule is CC(C)C(C(=O)O)N1C(=O)C2C3CC(C2C1=O)C1C3Sc2[nH]c(=O)sc2[C@@H]1c1cc(Cl)ccc1OCC(=O)Nc1ccccc1C(F)(F)F. The predicted molar refractivity (Wildman–Crippen MR) is 174 cm³/mol. The molecule has 3 fully saturated rings. The number of aromatic amines is 1. The zero-order valence-corrected chi connectivity index (χ0v) is 28.2. The van der Waals surface area contributed by atoms with Gasteiger partial charge in [0.2, 0.25) is 11.8 Å². The number of H-pyrrole nitrogens is 1. The van der Waals surface area contributed by atoms with Crippen LogP contribution in [0.15, 0.2) is 52.3 Å². The number of nitrogens with zero attached hydrogens (tertiary/aromatic N) is 1. The Morgan fingerprint density at radius 1 is 1.10 bits per heavy atom. The van der Waals surface area contributed by atoms with Gasteiger partial charge in [-0.05, 0) is 60.4 Å². The topological polar surface area (TPSA) is 146 Å². The lowest BCUT2D eigenvalue weighted by atomic mass is 9.68. The fraction of sp³-hybridized carbons (Fsp3) is 0.424. The number of anilines is 1. The minimum atomic E-state index is -4.69. The van der Waals surface area contributed by atoms with Crippen LogP contribution < -0.4 is 14.9 Å². The first-order valence-corrected chi connectivity index (χ1v) is 17.6. The van der Waals surface area contributed by atoms with E-state index in [1.807, 2.05) is 0 Å². The van der Waals surface area contributed by atoms with Gasteiger partial charge >= 0.3 is 17.0 Å². The number of carboxylic acid groups (broad SMARTS) is 1. The van der Waals surface area contributed by atoms with E-state index < -0.39 is 77.4 Å². The molecule has 258 valence electrons. The summed E-state index contributed by atoms with van der Waals surface area (Å²) in [6.07, 6.45) is -4.14. The Hall–Kier alpha value is -3.82. The molecule has 3 heterocycles. The molecular formula is C33H29ClF3N3O7S2. The van der Waals surface area contributed by atoms with Gasteiger partial charge in [-0.15, -0.1) is 11.8 Å². The second-order valence-corrected chi connectivity index (χ2v) is 15.7. The highest BCUT2D eigenvalue weighted by molar-refractivity contribution is 8.00. The number of hydrogen-bond acceptors (Lipinski definition) is 8. The van der Waals surface area contributed by atoms with Crippen molar-refractivity contribution in [3.63, 3.8) is 0 Å². The Morgan fingerprint density at radius 3 is 2.47 bits per heavy atom. The second-order valence-electron chi connectivity index (χ2n) is 13.1. The number of halogens is 4. The third-order valence-electron chi connectivity index (χ3n) is 10.1. The van der Waals surface area contributed by atoms with Gasteiger partial charge in [-0.3, -0.25) is 24.1 Å². The molecule has 0 spiro atoms. The molecule has 1 saturated heterocycles. The summed E-state index contributed by atoms with van der Waals surface area (Å²) in [5.41, 5.74) is -0.906. The average molecular weight is 736 g/mol. The molecule has 1 aromatic heterocycles. The van der Waals surface area contributed by atoms with Crippen LogP contribution in [0.1, 0.15) is 42.2 Å². The third-order valence-corrected chi connectivity index (χ3v) is 12.9. The zero-order chi connectivity index (χ0) is 35.1. The average Bonchev–Trinajstić information content (AvgIpc) is 3.76. The van der Waals surface area contributed by atoms with Crippen LogP contribution in [0.2, 0.25) is 5.02 Å². The minimum absolute atomic E-state index is 0.214. The van der Waals surface area contributed by atoms with E-state index in [-0.39, 0.29) is 33.6 Å². The lowest BCUT2D eigenvalue weighted by Gasteiger charge is -2.43. The number of aliphatic carboxylic acids is 1. The standard InChI is InChI=1S/C33H29ClF3N3O7S2/c1-12(2)25(31(44)45)40-29(42)23-15-10-16(24(23)30(40)43)26-22(15)21(27-28(48-26)39-32(46)49-27)14-9-13(34)7-8-19(14)47-11-20(41)38-18-6-4-3-5-17(18)33(35,36)37/h3-9,12,15-16,21-26H,10-11H2,1-2H3,(H,38,41)(H,39,46)(H,44,45)/t15?,16?,21-,22?,23?,24?,25?,26?/m1/s1. The van der Waals surface area contributed by atoms with Crippen molar-refractivity contribution >= 4 is 64.1 Å². The molecule has 7 rings (SSSR count). The van der Waals surface area contributed by atoms with E-state index in [4.69, 9.17) is 16.3 Å². The van der Waals surface area contributed by atoms with Gasteiger partial charge in [0.05, 0.1) is 28.1 Å². The van der Waals surface area contributed by atoms with Crippen LogP contribution >= 0.6 is 34.7 Å². The summed E-state index contributed by atoms with van der Waals surface area (Å²) >= 11 is 8.93. The number of carbonyl (C=O) groups is 4. The number of rotatable bonds is 8. The number of alkyl halides is 3. The monoisotopic (exact) mass is 735 g/mol. The van der Waals surface area contributed by atoms with Crippen molar-refractivity contribution < 1.29 is 42.2 Å². The van der Waals surface area contributed by atoms with Crippen molar-refractivity contribution in [3.8, 4) is 5.75 Å². The predicted octanol–water partition coefficient (Wildman–Crippen LogP) is 5.71. The largest absolute Gasteiger partial charge is 0.483 e. The number of fused-ring (bicyclic) bond motifs is 9. The third kappa shape index (κ3) is 5.53. The molecule has 10 nitrogen and oxygen atoms in total. The number of thioether (sulfide) groups is 1. The fourth-order valence-corrected chi connectivity index (χ4v) is 11.5. The molecule has 2 aromatic carbocycles. The van der Waals surface area contributed by atoms with Crippen molar-refractivity contribution in [2.24, 2.45) is 35.5 Å². The quantitative estimate of drug-likeness (QED) is 0.250. The van der Waals surface area contributed by atoms with E-state index in [2.05, 4.69) is 10.3 Å². The van der Waals surface area contributed by atoms with Crippen LogP contribution in [0, 0.1) is 35.5 Å². The van der Waals surface area contributed by atoms with Crippen molar-refractivity contribution in [1.29, 1.82) is 0 Å². The molecule has 3 N–H and O–H groups in total. The van der Waals surface area contributed by atoms with Gasteiger partial charge in [-0.2, -0.15) is 13.2 Å². The number of carbonyl (C=O) groups excluding carboxylic acids is 3. The van der Waals surface area contributed by atoms with Crippen molar-refractivity contribution in [2.45, 2.75) is 48.7 Å². The van der Waals surface area contributed by atoms with Crippen molar-refractivity contribution in [1.82, 2.24) is 9.88 Å². The fourth-order valence-electron chi connectivity index (χ4n) is 8.42. The minimum Gasteiger partial charge on any atom is -0.483 e. The summed E-state index contributed by atoms with van der Waals surface area (Å²) < 4.78 is 46.5. The van der Waals surface area contributed by atoms with Crippen molar-refractivity contribution in [3.05, 3.63) is 73.2 Å². The Morgan fingerprint density at radius 2 is 1.80 bits per heavy atom. The number of thiazole rings is 1. The first kappa shape index (κ1) is 33.7. The molecule has 2 bridgehead atoms. The maximum absolute atomic E-state index is 14.0. The number of hydrogen-bond donors (Lipinski definition) is 3. The van der Waals surface area contributed by atoms with E-state index >= 15 is 0 Å². The number of carboxylic acids is 1. The number of amides is 3. The Kier molecular flexibility index (Phi) is 8.38. The smallest absolute Gasteiger partial charge is 0.418 e. The first-order valence-electron chi connectivity index (χ1n) is 15.5. The molecule has 0 radical (unpaired) electrons. The number of likely N-dealkylation sites (tertiary alicyclic amines) is 1. The van der Waals surface area contributed by atoms with E-state index in [1.165, 1.54) is 23.9 Å². The van der Waals surface area contributed by atoms with Crippen LogP contribution in [0.25, 0.3) is 0 Å². The van der Waals surface area contributed by atoms with Crippen LogP contribution in [-0.2, 0) is 25.4 Å². The summed E-state index contributed by atoms with van der Waals surface area (Å²) in [5, 5.41) is 12.9. The molecule has 49 heavy (non-hydrogen) atoms. The molecule has 2 aliphatic heterocycles. The number of nitrogens with one attached hydrogen (secondary N) is 2. The molecular weight excluding hydrogens is 707 g/mol. The van der Waals surface area contributed by atoms with E-state index in [1.54, 1.807) is 32.0 Å². The first-order chi connectivity index (χ1) is 23.2. The van der Waals surface area contributed by atoms with Gasteiger partial charge in [0.25, 0.3) is 5.91 Å². The number of benzene rings is 2. The van der Waals surface area contributed by atoms with Crippen LogP contribution in [0.5, 0.6) is 5.75 Å². The Balaban J connectivity index is 1.22. The molecule has 7 unspecified atom stereocenters. The van der Waals surface area contributed by atoms with E-state index in [9.17, 15) is 42.3 Å². The highest BCUT2D eigenvalue weighted by Crippen LogP contribution is 2.69. The summed E-state index contributed by atoms with van der Waals surface area (Å²) in [6.45, 7) is 2.66. The number of aromatic nitrogens is 1. The maximum atomic E-state index is 14.0. The molecule has 3 aromatic rings. The van der Waals surface area contributed by atoms with Crippen LogP contribution in [-0.4, -0.2) is 56.6 Å². The Labute approximate surface area is 290 Å². The van der Waals surface area contributed by atoms with Gasteiger partial charge in [0.1, 0.15) is 11.8 Å². The summed E-state index contributed by atoms with van der Waals surface area (Å²) in [5.74, 6) is -6.22.